The molecular weight excluding hydrogens is 289 g/mol. The fourth-order valence-electron chi connectivity index (χ4n) is 2.72. The molecule has 0 saturated carbocycles. The minimum atomic E-state index is -0.393. The molecule has 0 atom stereocenters. The molecule has 2 aromatic rings. The van der Waals surface area contributed by atoms with Gasteiger partial charge in [0, 0.05) is 29.2 Å². The van der Waals surface area contributed by atoms with E-state index in [0.717, 1.165) is 30.6 Å². The standard InChI is InChI=1S/C17H15ClFNO/c18-12-6-7-15(19)11(9-12)10-17(21)14-3-1-5-16-13(14)4-2-8-20-16/h1,3,5-7,9,20H,2,4,8,10H2. The number of rotatable bonds is 3. The van der Waals surface area contributed by atoms with Crippen LogP contribution in [0.5, 0.6) is 0 Å². The molecule has 0 aromatic heterocycles. The Labute approximate surface area is 127 Å². The second kappa shape index (κ2) is 5.86. The SMILES string of the molecule is O=C(Cc1cc(Cl)ccc1F)c1cccc2c1CCCN2. The molecule has 1 aliphatic heterocycles. The number of benzene rings is 2. The predicted octanol–water partition coefficient (Wildman–Crippen LogP) is 4.26. The third kappa shape index (κ3) is 2.93. The second-order valence-electron chi connectivity index (χ2n) is 5.20. The lowest BCUT2D eigenvalue weighted by molar-refractivity contribution is 0.0991. The quantitative estimate of drug-likeness (QED) is 0.858. The van der Waals surface area contributed by atoms with E-state index < -0.39 is 5.82 Å². The van der Waals surface area contributed by atoms with E-state index in [2.05, 4.69) is 5.32 Å². The van der Waals surface area contributed by atoms with Gasteiger partial charge in [0.2, 0.25) is 0 Å². The van der Waals surface area contributed by atoms with Crippen molar-refractivity contribution in [3.05, 3.63) is 63.9 Å². The van der Waals surface area contributed by atoms with E-state index in [1.54, 1.807) is 0 Å². The van der Waals surface area contributed by atoms with Crippen molar-refractivity contribution in [2.24, 2.45) is 0 Å². The Morgan fingerprint density at radius 2 is 2.14 bits per heavy atom. The van der Waals surface area contributed by atoms with E-state index in [9.17, 15) is 9.18 Å². The highest BCUT2D eigenvalue weighted by atomic mass is 35.5. The van der Waals surface area contributed by atoms with Crippen molar-refractivity contribution in [1.82, 2.24) is 0 Å². The van der Waals surface area contributed by atoms with Crippen LogP contribution in [0.25, 0.3) is 0 Å². The number of hydrogen-bond acceptors (Lipinski definition) is 2. The predicted molar refractivity (Wildman–Crippen MR) is 82.7 cm³/mol. The lowest BCUT2D eigenvalue weighted by Crippen LogP contribution is -2.16. The minimum absolute atomic E-state index is 0.0306. The highest BCUT2D eigenvalue weighted by Gasteiger charge is 2.18. The van der Waals surface area contributed by atoms with Gasteiger partial charge in [-0.2, -0.15) is 0 Å². The molecule has 4 heteroatoms. The molecule has 0 aliphatic carbocycles. The van der Waals surface area contributed by atoms with Crippen LogP contribution in [0.3, 0.4) is 0 Å². The van der Waals surface area contributed by atoms with Crippen LogP contribution in [-0.2, 0) is 12.8 Å². The average molecular weight is 304 g/mol. The summed E-state index contributed by atoms with van der Waals surface area (Å²) in [4.78, 5) is 12.5. The lowest BCUT2D eigenvalue weighted by Gasteiger charge is -2.20. The molecule has 108 valence electrons. The zero-order chi connectivity index (χ0) is 14.8. The second-order valence-corrected chi connectivity index (χ2v) is 5.63. The third-order valence-electron chi connectivity index (χ3n) is 3.75. The molecule has 1 heterocycles. The van der Waals surface area contributed by atoms with E-state index in [4.69, 9.17) is 11.6 Å². The van der Waals surface area contributed by atoms with Gasteiger partial charge in [0.05, 0.1) is 0 Å². The number of carbonyl (C=O) groups is 1. The van der Waals surface area contributed by atoms with E-state index in [1.165, 1.54) is 18.2 Å². The summed E-state index contributed by atoms with van der Waals surface area (Å²) in [7, 11) is 0. The Morgan fingerprint density at radius 3 is 3.00 bits per heavy atom. The zero-order valence-electron chi connectivity index (χ0n) is 11.5. The summed E-state index contributed by atoms with van der Waals surface area (Å²) in [5.74, 6) is -0.465. The number of halogens is 2. The van der Waals surface area contributed by atoms with Gasteiger partial charge in [0.15, 0.2) is 5.78 Å². The fraction of sp³-hybridized carbons (Fsp3) is 0.235. The van der Waals surface area contributed by atoms with Gasteiger partial charge < -0.3 is 5.32 Å². The molecule has 0 bridgehead atoms. The van der Waals surface area contributed by atoms with E-state index in [-0.39, 0.29) is 12.2 Å². The number of Topliss-reactive ketones (excluding diaryl/α,β-unsaturated/α-hetero) is 1. The van der Waals surface area contributed by atoms with Crippen LogP contribution in [0.1, 0.15) is 27.9 Å². The summed E-state index contributed by atoms with van der Waals surface area (Å²) in [5, 5.41) is 3.74. The van der Waals surface area contributed by atoms with Gasteiger partial charge in [-0.3, -0.25) is 4.79 Å². The Balaban J connectivity index is 1.91. The summed E-state index contributed by atoms with van der Waals surface area (Å²) in [6, 6.07) is 9.95. The normalized spacial score (nSPS) is 13.4. The number of fused-ring (bicyclic) bond motifs is 1. The van der Waals surface area contributed by atoms with Crippen molar-refractivity contribution < 1.29 is 9.18 Å². The Hall–Kier alpha value is -1.87. The van der Waals surface area contributed by atoms with Crippen molar-refractivity contribution in [1.29, 1.82) is 0 Å². The van der Waals surface area contributed by atoms with Crippen LogP contribution in [0.2, 0.25) is 5.02 Å². The molecule has 2 aromatic carbocycles. The van der Waals surface area contributed by atoms with Gasteiger partial charge in [0.25, 0.3) is 0 Å². The summed E-state index contributed by atoms with van der Waals surface area (Å²) in [6.07, 6.45) is 1.91. The number of nitrogens with one attached hydrogen (secondary N) is 1. The van der Waals surface area contributed by atoms with Gasteiger partial charge in [-0.15, -0.1) is 0 Å². The van der Waals surface area contributed by atoms with Crippen LogP contribution < -0.4 is 5.32 Å². The highest BCUT2D eigenvalue weighted by Crippen LogP contribution is 2.27. The number of carbonyl (C=O) groups excluding carboxylic acids is 1. The first-order chi connectivity index (χ1) is 10.1. The van der Waals surface area contributed by atoms with Crippen LogP contribution >= 0.6 is 11.6 Å². The van der Waals surface area contributed by atoms with Gasteiger partial charge >= 0.3 is 0 Å². The molecule has 2 nitrogen and oxygen atoms in total. The van der Waals surface area contributed by atoms with Crippen molar-refractivity contribution >= 4 is 23.1 Å². The lowest BCUT2D eigenvalue weighted by atomic mass is 9.93. The molecule has 0 saturated heterocycles. The molecular formula is C17H15ClFNO. The van der Waals surface area contributed by atoms with E-state index in [1.807, 2.05) is 18.2 Å². The molecule has 0 spiro atoms. The molecule has 3 rings (SSSR count). The maximum absolute atomic E-state index is 13.8. The van der Waals surface area contributed by atoms with E-state index >= 15 is 0 Å². The molecule has 0 unspecified atom stereocenters. The molecule has 1 aliphatic rings. The van der Waals surface area contributed by atoms with E-state index in [0.29, 0.717) is 16.1 Å². The summed E-state index contributed by atoms with van der Waals surface area (Å²) < 4.78 is 13.8. The largest absolute Gasteiger partial charge is 0.385 e. The van der Waals surface area contributed by atoms with Gasteiger partial charge in [-0.1, -0.05) is 23.7 Å². The zero-order valence-corrected chi connectivity index (χ0v) is 12.2. The van der Waals surface area contributed by atoms with Crippen LogP contribution in [0.4, 0.5) is 10.1 Å². The summed E-state index contributed by atoms with van der Waals surface area (Å²) >= 11 is 5.87. The first-order valence-electron chi connectivity index (χ1n) is 6.98. The summed E-state index contributed by atoms with van der Waals surface area (Å²) in [6.45, 7) is 0.924. The van der Waals surface area contributed by atoms with Gasteiger partial charge in [-0.05, 0) is 48.2 Å². The topological polar surface area (TPSA) is 29.1 Å². The molecule has 0 fully saturated rings. The number of anilines is 1. The maximum atomic E-state index is 13.8. The third-order valence-corrected chi connectivity index (χ3v) is 3.99. The molecule has 21 heavy (non-hydrogen) atoms. The van der Waals surface area contributed by atoms with Crippen LogP contribution in [0, 0.1) is 5.82 Å². The monoisotopic (exact) mass is 303 g/mol. The fourth-order valence-corrected chi connectivity index (χ4v) is 2.91. The maximum Gasteiger partial charge on any atom is 0.167 e. The van der Waals surface area contributed by atoms with Crippen molar-refractivity contribution in [2.45, 2.75) is 19.3 Å². The van der Waals surface area contributed by atoms with Crippen LogP contribution in [-0.4, -0.2) is 12.3 Å². The Kier molecular flexibility index (Phi) is 3.93. The molecule has 1 N–H and O–H groups in total. The van der Waals surface area contributed by atoms with Crippen molar-refractivity contribution in [3.8, 4) is 0 Å². The first kappa shape index (κ1) is 14.1. The average Bonchev–Trinajstić information content (AvgIpc) is 2.50. The smallest absolute Gasteiger partial charge is 0.167 e. The Morgan fingerprint density at radius 1 is 1.29 bits per heavy atom. The van der Waals surface area contributed by atoms with Crippen LogP contribution in [0.15, 0.2) is 36.4 Å². The molecule has 0 radical (unpaired) electrons. The molecule has 0 amide bonds. The van der Waals surface area contributed by atoms with Crippen molar-refractivity contribution in [2.75, 3.05) is 11.9 Å². The van der Waals surface area contributed by atoms with Gasteiger partial charge in [-0.25, -0.2) is 4.39 Å². The number of hydrogen-bond donors (Lipinski definition) is 1. The van der Waals surface area contributed by atoms with Crippen molar-refractivity contribution in [3.63, 3.8) is 0 Å². The summed E-state index contributed by atoms with van der Waals surface area (Å²) in [5.41, 5.74) is 3.07. The van der Waals surface area contributed by atoms with Gasteiger partial charge in [0.1, 0.15) is 5.82 Å². The minimum Gasteiger partial charge on any atom is -0.385 e. The first-order valence-corrected chi connectivity index (χ1v) is 7.36. The Bertz CT molecular complexity index is 699. The number of ketones is 1. The highest BCUT2D eigenvalue weighted by molar-refractivity contribution is 6.30.